The molecule has 0 saturated heterocycles. The van der Waals surface area contributed by atoms with E-state index < -0.39 is 0 Å². The normalized spacial score (nSPS) is 17.1. The Morgan fingerprint density at radius 3 is 2.91 bits per heavy atom. The number of nitrogens with one attached hydrogen (secondary N) is 2. The highest BCUT2D eigenvalue weighted by Gasteiger charge is 2.23. The minimum Gasteiger partial charge on any atom is -0.348 e. The van der Waals surface area contributed by atoms with Gasteiger partial charge in [-0.3, -0.25) is 14.3 Å². The standard InChI is InChI=1S/C17H18N4O2/c22-16-14-9-12(6-5-11(14)10-18-16)20-17(23)15-7-8-19-21(15)13-3-1-2-4-13/h5-9,13H,1-4,10H2,(H,18,22)(H,20,23). The van der Waals surface area contributed by atoms with Gasteiger partial charge in [0.1, 0.15) is 5.69 Å². The number of aromatic nitrogens is 2. The molecule has 0 spiro atoms. The second-order valence-corrected chi connectivity index (χ2v) is 6.11. The first-order valence-electron chi connectivity index (χ1n) is 7.98. The zero-order chi connectivity index (χ0) is 15.8. The molecule has 0 atom stereocenters. The van der Waals surface area contributed by atoms with Crippen LogP contribution in [0.25, 0.3) is 0 Å². The van der Waals surface area contributed by atoms with Gasteiger partial charge in [0.15, 0.2) is 0 Å². The molecule has 2 heterocycles. The van der Waals surface area contributed by atoms with E-state index in [0.29, 0.717) is 29.5 Å². The fourth-order valence-electron chi connectivity index (χ4n) is 3.42. The summed E-state index contributed by atoms with van der Waals surface area (Å²) in [5.74, 6) is -0.278. The molecule has 0 radical (unpaired) electrons. The number of hydrogen-bond acceptors (Lipinski definition) is 3. The molecule has 1 aliphatic heterocycles. The summed E-state index contributed by atoms with van der Waals surface area (Å²) in [6.45, 7) is 0.552. The molecule has 1 fully saturated rings. The Balaban J connectivity index is 1.56. The van der Waals surface area contributed by atoms with Gasteiger partial charge in [-0.05, 0) is 36.6 Å². The molecule has 0 unspecified atom stereocenters. The lowest BCUT2D eigenvalue weighted by Gasteiger charge is -2.14. The highest BCUT2D eigenvalue weighted by Crippen LogP contribution is 2.30. The van der Waals surface area contributed by atoms with Crippen LogP contribution < -0.4 is 10.6 Å². The van der Waals surface area contributed by atoms with Gasteiger partial charge in [-0.15, -0.1) is 0 Å². The van der Waals surface area contributed by atoms with Crippen LogP contribution in [0.1, 0.15) is 58.1 Å². The maximum atomic E-state index is 12.6. The molecule has 4 rings (SSSR count). The molecular weight excluding hydrogens is 292 g/mol. The molecule has 118 valence electrons. The average Bonchev–Trinajstić information content (AvgIpc) is 3.27. The Bertz CT molecular complexity index is 775. The Kier molecular flexibility index (Phi) is 3.37. The van der Waals surface area contributed by atoms with Crippen LogP contribution in [-0.2, 0) is 6.54 Å². The lowest BCUT2D eigenvalue weighted by atomic mass is 10.1. The van der Waals surface area contributed by atoms with E-state index in [0.717, 1.165) is 18.4 Å². The fraction of sp³-hybridized carbons (Fsp3) is 0.353. The van der Waals surface area contributed by atoms with E-state index in [9.17, 15) is 9.59 Å². The Morgan fingerprint density at radius 2 is 2.09 bits per heavy atom. The van der Waals surface area contributed by atoms with E-state index in [1.54, 1.807) is 18.3 Å². The van der Waals surface area contributed by atoms with Crippen molar-refractivity contribution in [2.75, 3.05) is 5.32 Å². The molecule has 23 heavy (non-hydrogen) atoms. The SMILES string of the molecule is O=C1NCc2ccc(NC(=O)c3ccnn3C3CCCC3)cc21. The molecule has 2 amide bonds. The second kappa shape index (κ2) is 5.53. The first kappa shape index (κ1) is 14.0. The van der Waals surface area contributed by atoms with Gasteiger partial charge in [-0.1, -0.05) is 18.9 Å². The van der Waals surface area contributed by atoms with E-state index in [2.05, 4.69) is 15.7 Å². The van der Waals surface area contributed by atoms with Crippen LogP contribution in [0.4, 0.5) is 5.69 Å². The number of nitrogens with zero attached hydrogens (tertiary/aromatic N) is 2. The minimum absolute atomic E-state index is 0.0907. The van der Waals surface area contributed by atoms with Crippen molar-refractivity contribution < 1.29 is 9.59 Å². The predicted molar refractivity (Wildman–Crippen MR) is 85.3 cm³/mol. The number of amides is 2. The van der Waals surface area contributed by atoms with Crippen molar-refractivity contribution in [1.29, 1.82) is 0 Å². The molecule has 2 aliphatic rings. The van der Waals surface area contributed by atoms with Crippen LogP contribution in [0.5, 0.6) is 0 Å². The molecule has 6 heteroatoms. The number of rotatable bonds is 3. The van der Waals surface area contributed by atoms with E-state index in [1.165, 1.54) is 12.8 Å². The maximum absolute atomic E-state index is 12.6. The monoisotopic (exact) mass is 310 g/mol. The fourth-order valence-corrected chi connectivity index (χ4v) is 3.42. The summed E-state index contributed by atoms with van der Waals surface area (Å²) in [7, 11) is 0. The van der Waals surface area contributed by atoms with Crippen molar-refractivity contribution in [3.63, 3.8) is 0 Å². The zero-order valence-electron chi connectivity index (χ0n) is 12.7. The van der Waals surface area contributed by atoms with Gasteiger partial charge in [-0.2, -0.15) is 5.10 Å². The van der Waals surface area contributed by atoms with Crippen molar-refractivity contribution in [2.24, 2.45) is 0 Å². The number of carbonyl (C=O) groups excluding carboxylic acids is 2. The lowest BCUT2D eigenvalue weighted by molar-refractivity contribution is 0.0963. The first-order chi connectivity index (χ1) is 11.2. The molecule has 1 aromatic carbocycles. The summed E-state index contributed by atoms with van der Waals surface area (Å²) in [6, 6.07) is 7.49. The topological polar surface area (TPSA) is 76.0 Å². The molecule has 0 bridgehead atoms. The average molecular weight is 310 g/mol. The molecule has 1 aliphatic carbocycles. The smallest absolute Gasteiger partial charge is 0.273 e. The van der Waals surface area contributed by atoms with Crippen molar-refractivity contribution in [1.82, 2.24) is 15.1 Å². The molecular formula is C17H18N4O2. The summed E-state index contributed by atoms with van der Waals surface area (Å²) < 4.78 is 1.84. The first-order valence-corrected chi connectivity index (χ1v) is 7.98. The Hall–Kier alpha value is -2.63. The van der Waals surface area contributed by atoms with Crippen molar-refractivity contribution in [2.45, 2.75) is 38.3 Å². The Labute approximate surface area is 133 Å². The van der Waals surface area contributed by atoms with Gasteiger partial charge in [0.05, 0.1) is 6.04 Å². The minimum atomic E-state index is -0.187. The highest BCUT2D eigenvalue weighted by atomic mass is 16.2. The van der Waals surface area contributed by atoms with Gasteiger partial charge >= 0.3 is 0 Å². The van der Waals surface area contributed by atoms with Crippen LogP contribution in [0.3, 0.4) is 0 Å². The molecule has 6 nitrogen and oxygen atoms in total. The quantitative estimate of drug-likeness (QED) is 0.914. The van der Waals surface area contributed by atoms with Crippen molar-refractivity contribution in [3.05, 3.63) is 47.3 Å². The van der Waals surface area contributed by atoms with Crippen LogP contribution in [0, 0.1) is 0 Å². The summed E-state index contributed by atoms with van der Waals surface area (Å²) in [4.78, 5) is 24.3. The van der Waals surface area contributed by atoms with E-state index >= 15 is 0 Å². The van der Waals surface area contributed by atoms with Crippen LogP contribution in [0.15, 0.2) is 30.5 Å². The second-order valence-electron chi connectivity index (χ2n) is 6.11. The molecule has 2 aromatic rings. The maximum Gasteiger partial charge on any atom is 0.273 e. The van der Waals surface area contributed by atoms with E-state index in [4.69, 9.17) is 0 Å². The predicted octanol–water partition coefficient (Wildman–Crippen LogP) is 2.49. The van der Waals surface area contributed by atoms with Gasteiger partial charge in [0.2, 0.25) is 0 Å². The molecule has 2 N–H and O–H groups in total. The summed E-state index contributed by atoms with van der Waals surface area (Å²) in [5.41, 5.74) is 2.79. The number of benzene rings is 1. The lowest BCUT2D eigenvalue weighted by Crippen LogP contribution is -2.20. The van der Waals surface area contributed by atoms with Gasteiger partial charge in [0, 0.05) is 24.0 Å². The van der Waals surface area contributed by atoms with E-state index in [-0.39, 0.29) is 11.8 Å². The Morgan fingerprint density at radius 1 is 1.26 bits per heavy atom. The number of carbonyl (C=O) groups is 2. The van der Waals surface area contributed by atoms with Crippen molar-refractivity contribution in [3.8, 4) is 0 Å². The van der Waals surface area contributed by atoms with E-state index in [1.807, 2.05) is 16.8 Å². The summed E-state index contributed by atoms with van der Waals surface area (Å²) in [6.07, 6.45) is 6.18. The number of hydrogen-bond donors (Lipinski definition) is 2. The molecule has 1 aromatic heterocycles. The third kappa shape index (κ3) is 2.50. The zero-order valence-corrected chi connectivity index (χ0v) is 12.7. The van der Waals surface area contributed by atoms with Crippen LogP contribution >= 0.6 is 0 Å². The van der Waals surface area contributed by atoms with Crippen molar-refractivity contribution >= 4 is 17.5 Å². The largest absolute Gasteiger partial charge is 0.348 e. The highest BCUT2D eigenvalue weighted by molar-refractivity contribution is 6.05. The summed E-state index contributed by atoms with van der Waals surface area (Å²) in [5, 5.41) is 9.97. The number of anilines is 1. The van der Waals surface area contributed by atoms with Crippen LogP contribution in [0.2, 0.25) is 0 Å². The third-order valence-corrected chi connectivity index (χ3v) is 4.63. The van der Waals surface area contributed by atoms with Gasteiger partial charge < -0.3 is 10.6 Å². The molecule has 1 saturated carbocycles. The number of fused-ring (bicyclic) bond motifs is 1. The third-order valence-electron chi connectivity index (χ3n) is 4.63. The summed E-state index contributed by atoms with van der Waals surface area (Å²) >= 11 is 0. The van der Waals surface area contributed by atoms with Crippen LogP contribution in [-0.4, -0.2) is 21.6 Å². The van der Waals surface area contributed by atoms with Gasteiger partial charge in [-0.25, -0.2) is 0 Å². The van der Waals surface area contributed by atoms with Gasteiger partial charge in [0.25, 0.3) is 11.8 Å².